The number of unbranched alkanes of at least 4 members (excludes halogenated alkanes) is 1. The molecule has 1 aromatic rings. The van der Waals surface area contributed by atoms with E-state index in [0.717, 1.165) is 18.9 Å². The summed E-state index contributed by atoms with van der Waals surface area (Å²) in [6.45, 7) is 8.27. The van der Waals surface area contributed by atoms with E-state index in [1.165, 1.54) is 25.7 Å². The molecule has 92 valence electrons. The fraction of sp³-hybridized carbons (Fsp3) is 0.769. The fourth-order valence-electron chi connectivity index (χ4n) is 1.70. The average Bonchev–Trinajstić information content (AvgIpc) is 2.77. The lowest BCUT2D eigenvalue weighted by Crippen LogP contribution is -2.10. The smallest absolute Gasteiger partial charge is 0.157 e. The maximum absolute atomic E-state index is 5.76. The molecule has 0 bridgehead atoms. The lowest BCUT2D eigenvalue weighted by Gasteiger charge is -2.14. The number of hydrogen-bond donors (Lipinski definition) is 0. The zero-order chi connectivity index (χ0) is 11.8. The summed E-state index contributed by atoms with van der Waals surface area (Å²) in [5.74, 6) is 1.58. The molecule has 1 rings (SSSR count). The van der Waals surface area contributed by atoms with Gasteiger partial charge in [0.15, 0.2) is 5.75 Å². The zero-order valence-electron chi connectivity index (χ0n) is 10.8. The van der Waals surface area contributed by atoms with Crippen LogP contribution in [0.2, 0.25) is 0 Å². The molecule has 1 heterocycles. The molecule has 0 aliphatic carbocycles. The first-order valence-corrected chi connectivity index (χ1v) is 6.45. The molecule has 1 unspecified atom stereocenters. The number of aromatic nitrogens is 2. The van der Waals surface area contributed by atoms with Crippen molar-refractivity contribution >= 4 is 0 Å². The molecule has 0 saturated carbocycles. The summed E-state index contributed by atoms with van der Waals surface area (Å²) < 4.78 is 7.65. The largest absolute Gasteiger partial charge is 0.490 e. The summed E-state index contributed by atoms with van der Waals surface area (Å²) in [4.78, 5) is 0. The molecule has 0 spiro atoms. The van der Waals surface area contributed by atoms with Gasteiger partial charge in [0.25, 0.3) is 0 Å². The molecular weight excluding hydrogens is 200 g/mol. The third-order valence-electron chi connectivity index (χ3n) is 2.96. The number of nitrogens with zero attached hydrogens (tertiary/aromatic N) is 2. The molecule has 0 fully saturated rings. The Labute approximate surface area is 98.8 Å². The van der Waals surface area contributed by atoms with Gasteiger partial charge in [0.2, 0.25) is 0 Å². The van der Waals surface area contributed by atoms with Crippen LogP contribution in [0.4, 0.5) is 0 Å². The third-order valence-corrected chi connectivity index (χ3v) is 2.96. The van der Waals surface area contributed by atoms with E-state index in [9.17, 15) is 0 Å². The van der Waals surface area contributed by atoms with Gasteiger partial charge in [-0.1, -0.05) is 33.1 Å². The third kappa shape index (κ3) is 4.25. The molecule has 0 N–H and O–H groups in total. The number of aryl methyl sites for hydroxylation is 1. The van der Waals surface area contributed by atoms with Crippen molar-refractivity contribution < 1.29 is 4.74 Å². The van der Waals surface area contributed by atoms with Gasteiger partial charge in [0.05, 0.1) is 19.0 Å². The number of hydrogen-bond acceptors (Lipinski definition) is 2. The van der Waals surface area contributed by atoms with Crippen LogP contribution in [0, 0.1) is 5.92 Å². The van der Waals surface area contributed by atoms with E-state index < -0.39 is 0 Å². The highest BCUT2D eigenvalue weighted by atomic mass is 16.5. The van der Waals surface area contributed by atoms with Crippen LogP contribution in [0.3, 0.4) is 0 Å². The predicted molar refractivity (Wildman–Crippen MR) is 66.7 cm³/mol. The Morgan fingerprint density at radius 1 is 1.38 bits per heavy atom. The van der Waals surface area contributed by atoms with Gasteiger partial charge in [0.1, 0.15) is 0 Å². The molecule has 1 aromatic heterocycles. The Morgan fingerprint density at radius 3 is 2.75 bits per heavy atom. The summed E-state index contributed by atoms with van der Waals surface area (Å²) in [6.07, 6.45) is 8.81. The van der Waals surface area contributed by atoms with Gasteiger partial charge in [-0.05, 0) is 19.3 Å². The first-order chi connectivity index (χ1) is 7.80. The summed E-state index contributed by atoms with van der Waals surface area (Å²) >= 11 is 0. The maximum Gasteiger partial charge on any atom is 0.157 e. The molecule has 16 heavy (non-hydrogen) atoms. The number of ether oxygens (including phenoxy) is 1. The Balaban J connectivity index is 2.31. The van der Waals surface area contributed by atoms with Crippen molar-refractivity contribution in [3.63, 3.8) is 0 Å². The number of rotatable bonds is 8. The molecular formula is C13H24N2O. The Kier molecular flexibility index (Phi) is 5.98. The second-order valence-electron chi connectivity index (χ2n) is 4.26. The minimum Gasteiger partial charge on any atom is -0.490 e. The summed E-state index contributed by atoms with van der Waals surface area (Å²) in [5, 5.41) is 4.19. The predicted octanol–water partition coefficient (Wildman–Crippen LogP) is 3.50. The molecule has 1 atom stereocenters. The van der Waals surface area contributed by atoms with E-state index in [4.69, 9.17) is 4.74 Å². The van der Waals surface area contributed by atoms with Crippen LogP contribution in [0.25, 0.3) is 0 Å². The minimum absolute atomic E-state index is 0.685. The van der Waals surface area contributed by atoms with Crippen LogP contribution >= 0.6 is 0 Å². The Hall–Kier alpha value is -0.990. The van der Waals surface area contributed by atoms with Crippen molar-refractivity contribution in [2.45, 2.75) is 53.0 Å². The Bertz CT molecular complexity index is 283. The minimum atomic E-state index is 0.685. The highest BCUT2D eigenvalue weighted by molar-refractivity contribution is 5.11. The quantitative estimate of drug-likeness (QED) is 0.675. The second-order valence-corrected chi connectivity index (χ2v) is 4.26. The second kappa shape index (κ2) is 7.31. The van der Waals surface area contributed by atoms with Crippen molar-refractivity contribution in [3.05, 3.63) is 12.4 Å². The monoisotopic (exact) mass is 224 g/mol. The average molecular weight is 224 g/mol. The molecule has 3 heteroatoms. The summed E-state index contributed by atoms with van der Waals surface area (Å²) in [5.41, 5.74) is 0. The van der Waals surface area contributed by atoms with Gasteiger partial charge < -0.3 is 4.74 Å². The summed E-state index contributed by atoms with van der Waals surface area (Å²) in [6, 6.07) is 0. The molecule has 0 aromatic carbocycles. The van der Waals surface area contributed by atoms with E-state index in [1.807, 2.05) is 10.9 Å². The van der Waals surface area contributed by atoms with Crippen LogP contribution in [-0.4, -0.2) is 16.4 Å². The Morgan fingerprint density at radius 2 is 2.19 bits per heavy atom. The van der Waals surface area contributed by atoms with E-state index in [0.29, 0.717) is 5.92 Å². The van der Waals surface area contributed by atoms with Crippen LogP contribution in [0.5, 0.6) is 5.75 Å². The van der Waals surface area contributed by atoms with Gasteiger partial charge in [-0.15, -0.1) is 0 Å². The van der Waals surface area contributed by atoms with Crippen LogP contribution < -0.4 is 4.74 Å². The van der Waals surface area contributed by atoms with Gasteiger partial charge in [-0.2, -0.15) is 5.10 Å². The molecule has 0 aliphatic heterocycles. The lowest BCUT2D eigenvalue weighted by molar-refractivity contribution is 0.233. The first-order valence-electron chi connectivity index (χ1n) is 6.45. The van der Waals surface area contributed by atoms with E-state index in [2.05, 4.69) is 25.9 Å². The van der Waals surface area contributed by atoms with Crippen LogP contribution in [0.15, 0.2) is 12.4 Å². The normalized spacial score (nSPS) is 12.7. The summed E-state index contributed by atoms with van der Waals surface area (Å²) in [7, 11) is 0. The van der Waals surface area contributed by atoms with E-state index in [-0.39, 0.29) is 0 Å². The van der Waals surface area contributed by atoms with Crippen molar-refractivity contribution in [1.29, 1.82) is 0 Å². The topological polar surface area (TPSA) is 27.1 Å². The standard InChI is InChI=1S/C13H24N2O/c1-4-7-8-12(5-2)11-16-13-9-14-15(6-3)10-13/h9-10,12H,4-8,11H2,1-3H3. The molecule has 0 saturated heterocycles. The van der Waals surface area contributed by atoms with Crippen molar-refractivity contribution in [3.8, 4) is 5.75 Å². The first kappa shape index (κ1) is 13.1. The molecule has 0 aliphatic rings. The van der Waals surface area contributed by atoms with Gasteiger partial charge in [0, 0.05) is 6.54 Å². The molecule has 0 amide bonds. The SMILES string of the molecule is CCCCC(CC)COc1cnn(CC)c1. The lowest BCUT2D eigenvalue weighted by atomic mass is 10.0. The van der Waals surface area contributed by atoms with Gasteiger partial charge in [-0.25, -0.2) is 0 Å². The molecule has 0 radical (unpaired) electrons. The highest BCUT2D eigenvalue weighted by Crippen LogP contribution is 2.15. The molecule has 3 nitrogen and oxygen atoms in total. The highest BCUT2D eigenvalue weighted by Gasteiger charge is 2.07. The fourth-order valence-corrected chi connectivity index (χ4v) is 1.70. The van der Waals surface area contributed by atoms with Crippen molar-refractivity contribution in [2.24, 2.45) is 5.92 Å². The van der Waals surface area contributed by atoms with E-state index in [1.54, 1.807) is 6.20 Å². The zero-order valence-corrected chi connectivity index (χ0v) is 10.8. The van der Waals surface area contributed by atoms with Crippen molar-refractivity contribution in [2.75, 3.05) is 6.61 Å². The maximum atomic E-state index is 5.76. The van der Waals surface area contributed by atoms with Crippen LogP contribution in [-0.2, 0) is 6.54 Å². The van der Waals surface area contributed by atoms with Gasteiger partial charge in [-0.3, -0.25) is 4.68 Å². The van der Waals surface area contributed by atoms with E-state index >= 15 is 0 Å². The van der Waals surface area contributed by atoms with Gasteiger partial charge >= 0.3 is 0 Å². The van der Waals surface area contributed by atoms with Crippen molar-refractivity contribution in [1.82, 2.24) is 9.78 Å². The van der Waals surface area contributed by atoms with Crippen LogP contribution in [0.1, 0.15) is 46.5 Å².